The van der Waals surface area contributed by atoms with Gasteiger partial charge in [-0.1, -0.05) is 23.9 Å². The molecule has 2 N–H and O–H groups in total. The second-order valence-corrected chi connectivity index (χ2v) is 7.24. The van der Waals surface area contributed by atoms with Crippen LogP contribution in [0.15, 0.2) is 39.6 Å². The third-order valence-corrected chi connectivity index (χ3v) is 5.55. The van der Waals surface area contributed by atoms with Gasteiger partial charge in [0.05, 0.1) is 24.3 Å². The van der Waals surface area contributed by atoms with E-state index < -0.39 is 5.91 Å². The van der Waals surface area contributed by atoms with E-state index in [1.165, 1.54) is 28.0 Å². The normalized spacial score (nSPS) is 11.2. The van der Waals surface area contributed by atoms with Crippen molar-refractivity contribution >= 4 is 39.2 Å². The Morgan fingerprint density at radius 3 is 2.77 bits per heavy atom. The number of thiophene rings is 1. The topological polar surface area (TPSA) is 87.2 Å². The Morgan fingerprint density at radius 1 is 1.38 bits per heavy atom. The molecule has 0 saturated carbocycles. The van der Waals surface area contributed by atoms with E-state index in [1.807, 2.05) is 5.38 Å². The van der Waals surface area contributed by atoms with Crippen molar-refractivity contribution in [2.75, 3.05) is 19.5 Å². The standard InChI is InChI=1S/C17H16FN3O3S2/c1-24-7-6-21-16(23)14-12(10-2-4-11(18)5-3-10)8-25-15(14)20-17(21)26-9-13(19)22/h2-5,8H,6-7,9H2,1H3,(H2,19,22). The molecular weight excluding hydrogens is 377 g/mol. The Balaban J connectivity index is 2.15. The Morgan fingerprint density at radius 2 is 2.12 bits per heavy atom. The summed E-state index contributed by atoms with van der Waals surface area (Å²) in [6.45, 7) is 0.630. The molecule has 0 aliphatic heterocycles. The molecule has 0 atom stereocenters. The molecule has 2 heterocycles. The monoisotopic (exact) mass is 393 g/mol. The lowest BCUT2D eigenvalue weighted by Crippen LogP contribution is -2.25. The molecule has 0 unspecified atom stereocenters. The summed E-state index contributed by atoms with van der Waals surface area (Å²) in [7, 11) is 1.54. The number of carbonyl (C=O) groups is 1. The number of fused-ring (bicyclic) bond motifs is 1. The first-order chi connectivity index (χ1) is 12.5. The fourth-order valence-electron chi connectivity index (χ4n) is 2.47. The fraction of sp³-hybridized carbons (Fsp3) is 0.235. The van der Waals surface area contributed by atoms with E-state index in [-0.39, 0.29) is 17.1 Å². The molecule has 3 aromatic rings. The lowest BCUT2D eigenvalue weighted by molar-refractivity contribution is -0.115. The zero-order valence-electron chi connectivity index (χ0n) is 13.9. The van der Waals surface area contributed by atoms with Gasteiger partial charge in [-0.2, -0.15) is 0 Å². The summed E-state index contributed by atoms with van der Waals surface area (Å²) in [5.41, 5.74) is 6.43. The Hall–Kier alpha value is -2.23. The van der Waals surface area contributed by atoms with Gasteiger partial charge in [-0.25, -0.2) is 9.37 Å². The molecule has 0 aliphatic carbocycles. The molecule has 1 amide bonds. The molecule has 26 heavy (non-hydrogen) atoms. The fourth-order valence-corrected chi connectivity index (χ4v) is 4.23. The molecule has 3 rings (SSSR count). The summed E-state index contributed by atoms with van der Waals surface area (Å²) in [6, 6.07) is 5.97. The van der Waals surface area contributed by atoms with Gasteiger partial charge in [0.1, 0.15) is 10.6 Å². The molecule has 9 heteroatoms. The van der Waals surface area contributed by atoms with Crippen LogP contribution in [0.25, 0.3) is 21.3 Å². The molecule has 2 aromatic heterocycles. The zero-order chi connectivity index (χ0) is 18.7. The molecule has 0 spiro atoms. The van der Waals surface area contributed by atoms with Crippen molar-refractivity contribution in [3.05, 3.63) is 45.8 Å². The largest absolute Gasteiger partial charge is 0.383 e. The number of thioether (sulfide) groups is 1. The van der Waals surface area contributed by atoms with Crippen molar-refractivity contribution in [2.24, 2.45) is 5.73 Å². The lowest BCUT2D eigenvalue weighted by Gasteiger charge is -2.11. The highest BCUT2D eigenvalue weighted by Gasteiger charge is 2.17. The number of hydrogen-bond acceptors (Lipinski definition) is 6. The van der Waals surface area contributed by atoms with Crippen LogP contribution in [0.2, 0.25) is 0 Å². The summed E-state index contributed by atoms with van der Waals surface area (Å²) < 4.78 is 19.8. The summed E-state index contributed by atoms with van der Waals surface area (Å²) in [5.74, 6) is -0.795. The number of methoxy groups -OCH3 is 1. The minimum absolute atomic E-state index is 0.0289. The predicted molar refractivity (Wildman–Crippen MR) is 101 cm³/mol. The maximum absolute atomic E-state index is 13.2. The van der Waals surface area contributed by atoms with Crippen LogP contribution in [0.1, 0.15) is 0 Å². The van der Waals surface area contributed by atoms with Crippen LogP contribution in [-0.4, -0.2) is 34.9 Å². The molecule has 0 saturated heterocycles. The van der Waals surface area contributed by atoms with Gasteiger partial charge in [0.25, 0.3) is 5.56 Å². The second kappa shape index (κ2) is 7.98. The number of primary amides is 1. The van der Waals surface area contributed by atoms with E-state index in [0.29, 0.717) is 34.1 Å². The lowest BCUT2D eigenvalue weighted by atomic mass is 10.1. The Bertz CT molecular complexity index is 999. The molecule has 0 fully saturated rings. The van der Waals surface area contributed by atoms with Crippen LogP contribution in [0.4, 0.5) is 4.39 Å². The van der Waals surface area contributed by atoms with Gasteiger partial charge in [-0.05, 0) is 17.7 Å². The maximum atomic E-state index is 13.2. The minimum atomic E-state index is -0.485. The zero-order valence-corrected chi connectivity index (χ0v) is 15.5. The number of amides is 1. The first-order valence-corrected chi connectivity index (χ1v) is 9.55. The van der Waals surface area contributed by atoms with E-state index >= 15 is 0 Å². The van der Waals surface area contributed by atoms with Crippen molar-refractivity contribution < 1.29 is 13.9 Å². The van der Waals surface area contributed by atoms with Crippen LogP contribution >= 0.6 is 23.1 Å². The van der Waals surface area contributed by atoms with Gasteiger partial charge in [0.15, 0.2) is 5.16 Å². The van der Waals surface area contributed by atoms with E-state index in [2.05, 4.69) is 4.98 Å². The van der Waals surface area contributed by atoms with Crippen LogP contribution < -0.4 is 11.3 Å². The number of hydrogen-bond donors (Lipinski definition) is 1. The number of carbonyl (C=O) groups excluding carboxylic acids is 1. The Labute approximate surface area is 156 Å². The summed E-state index contributed by atoms with van der Waals surface area (Å²) in [4.78, 5) is 29.3. The van der Waals surface area contributed by atoms with Crippen molar-refractivity contribution in [2.45, 2.75) is 11.7 Å². The number of halogens is 1. The van der Waals surface area contributed by atoms with Gasteiger partial charge in [0.2, 0.25) is 5.91 Å². The van der Waals surface area contributed by atoms with Gasteiger partial charge in [-0.3, -0.25) is 14.2 Å². The third kappa shape index (κ3) is 3.79. The summed E-state index contributed by atoms with van der Waals surface area (Å²) in [6.07, 6.45) is 0. The van der Waals surface area contributed by atoms with Crippen LogP contribution in [0.3, 0.4) is 0 Å². The average molecular weight is 393 g/mol. The van der Waals surface area contributed by atoms with Crippen LogP contribution in [0, 0.1) is 5.82 Å². The number of benzene rings is 1. The number of rotatable bonds is 7. The van der Waals surface area contributed by atoms with E-state index in [1.54, 1.807) is 19.2 Å². The van der Waals surface area contributed by atoms with Crippen molar-refractivity contribution in [1.82, 2.24) is 9.55 Å². The number of ether oxygens (including phenoxy) is 1. The van der Waals surface area contributed by atoms with E-state index in [4.69, 9.17) is 10.5 Å². The minimum Gasteiger partial charge on any atom is -0.383 e. The van der Waals surface area contributed by atoms with Crippen molar-refractivity contribution in [1.29, 1.82) is 0 Å². The number of nitrogens with zero attached hydrogens (tertiary/aromatic N) is 2. The van der Waals surface area contributed by atoms with Crippen LogP contribution in [0.5, 0.6) is 0 Å². The van der Waals surface area contributed by atoms with E-state index in [0.717, 1.165) is 17.3 Å². The second-order valence-electron chi connectivity index (χ2n) is 5.44. The Kier molecular flexibility index (Phi) is 5.70. The number of nitrogens with two attached hydrogens (primary N) is 1. The van der Waals surface area contributed by atoms with Crippen LogP contribution in [-0.2, 0) is 16.1 Å². The van der Waals surface area contributed by atoms with Gasteiger partial charge < -0.3 is 10.5 Å². The molecule has 0 radical (unpaired) electrons. The summed E-state index contributed by atoms with van der Waals surface area (Å²) >= 11 is 2.45. The molecule has 0 bridgehead atoms. The quantitative estimate of drug-likeness (QED) is 0.492. The average Bonchev–Trinajstić information content (AvgIpc) is 3.04. The smallest absolute Gasteiger partial charge is 0.263 e. The van der Waals surface area contributed by atoms with Gasteiger partial charge in [0, 0.05) is 18.1 Å². The van der Waals surface area contributed by atoms with Gasteiger partial charge in [-0.15, -0.1) is 11.3 Å². The highest BCUT2D eigenvalue weighted by atomic mass is 32.2. The molecule has 0 aliphatic rings. The maximum Gasteiger partial charge on any atom is 0.263 e. The molecule has 136 valence electrons. The first-order valence-electron chi connectivity index (χ1n) is 7.69. The van der Waals surface area contributed by atoms with Crippen molar-refractivity contribution in [3.63, 3.8) is 0 Å². The number of aromatic nitrogens is 2. The highest BCUT2D eigenvalue weighted by molar-refractivity contribution is 7.99. The molecule has 1 aromatic carbocycles. The molecular formula is C17H16FN3O3S2. The highest BCUT2D eigenvalue weighted by Crippen LogP contribution is 2.32. The SMILES string of the molecule is COCCn1c(SCC(N)=O)nc2scc(-c3ccc(F)cc3)c2c1=O. The predicted octanol–water partition coefficient (Wildman–Crippen LogP) is 2.49. The van der Waals surface area contributed by atoms with Crippen molar-refractivity contribution in [3.8, 4) is 11.1 Å². The third-order valence-electron chi connectivity index (χ3n) is 3.68. The van der Waals surface area contributed by atoms with Gasteiger partial charge >= 0.3 is 0 Å². The summed E-state index contributed by atoms with van der Waals surface area (Å²) in [5, 5.41) is 2.72. The first kappa shape index (κ1) is 18.6. The van der Waals surface area contributed by atoms with E-state index in [9.17, 15) is 14.0 Å². The molecule has 6 nitrogen and oxygen atoms in total.